The van der Waals surface area contributed by atoms with E-state index in [0.717, 1.165) is 36.9 Å². The van der Waals surface area contributed by atoms with Crippen LogP contribution in [0.5, 0.6) is 5.75 Å². The molecule has 0 spiro atoms. The quantitative estimate of drug-likeness (QED) is 0.412. The topological polar surface area (TPSA) is 49.8 Å². The molecule has 0 atom stereocenters. The minimum absolute atomic E-state index is 0. The van der Waals surface area contributed by atoms with E-state index in [1.165, 1.54) is 16.7 Å². The van der Waals surface area contributed by atoms with Crippen molar-refractivity contribution in [3.63, 3.8) is 0 Å². The molecule has 1 N–H and O–H groups in total. The van der Waals surface area contributed by atoms with Gasteiger partial charge in [0.1, 0.15) is 5.75 Å². The summed E-state index contributed by atoms with van der Waals surface area (Å²) in [5.74, 6) is 1.81. The zero-order valence-electron chi connectivity index (χ0n) is 16.1. The summed E-state index contributed by atoms with van der Waals surface area (Å²) in [6.07, 6.45) is 5.09. The summed E-state index contributed by atoms with van der Waals surface area (Å²) < 4.78 is 5.33. The molecule has 1 aromatic heterocycles. The van der Waals surface area contributed by atoms with E-state index in [0.29, 0.717) is 6.54 Å². The monoisotopic (exact) mass is 478 g/mol. The fourth-order valence-electron chi connectivity index (χ4n) is 3.15. The van der Waals surface area contributed by atoms with Crippen LogP contribution in [0.3, 0.4) is 0 Å². The Morgan fingerprint density at radius 2 is 2.15 bits per heavy atom. The largest absolute Gasteiger partial charge is 0.497 e. The normalized spacial score (nSPS) is 14.3. The van der Waals surface area contributed by atoms with Crippen LogP contribution in [-0.2, 0) is 6.54 Å². The SMILES string of the molecule is CN=C(NCc1ncccc1C)N1CC=C(c2cccc(OC)c2)CC1.I. The summed E-state index contributed by atoms with van der Waals surface area (Å²) in [5, 5.41) is 3.43. The van der Waals surface area contributed by atoms with Gasteiger partial charge in [-0.15, -0.1) is 24.0 Å². The van der Waals surface area contributed by atoms with Gasteiger partial charge >= 0.3 is 0 Å². The van der Waals surface area contributed by atoms with Gasteiger partial charge in [0.25, 0.3) is 0 Å². The summed E-state index contributed by atoms with van der Waals surface area (Å²) in [5.41, 5.74) is 4.83. The molecular weight excluding hydrogens is 451 g/mol. The molecule has 27 heavy (non-hydrogen) atoms. The summed E-state index contributed by atoms with van der Waals surface area (Å²) in [6, 6.07) is 12.3. The predicted octanol–water partition coefficient (Wildman–Crippen LogP) is 3.88. The van der Waals surface area contributed by atoms with Crippen LogP contribution < -0.4 is 10.1 Å². The molecular formula is C21H27IN4O. The lowest BCUT2D eigenvalue weighted by Gasteiger charge is -2.30. The van der Waals surface area contributed by atoms with Crippen molar-refractivity contribution in [2.75, 3.05) is 27.2 Å². The second-order valence-electron chi connectivity index (χ2n) is 6.33. The maximum absolute atomic E-state index is 5.33. The number of rotatable bonds is 4. The Bertz CT molecular complexity index is 819. The van der Waals surface area contributed by atoms with E-state index >= 15 is 0 Å². The summed E-state index contributed by atoms with van der Waals surface area (Å²) in [6.45, 7) is 4.54. The van der Waals surface area contributed by atoms with E-state index in [9.17, 15) is 0 Å². The van der Waals surface area contributed by atoms with Crippen LogP contribution in [0.25, 0.3) is 5.57 Å². The molecule has 0 unspecified atom stereocenters. The number of hydrogen-bond donors (Lipinski definition) is 1. The lowest BCUT2D eigenvalue weighted by atomic mass is 9.99. The highest BCUT2D eigenvalue weighted by Crippen LogP contribution is 2.25. The third-order valence-electron chi connectivity index (χ3n) is 4.69. The van der Waals surface area contributed by atoms with Gasteiger partial charge < -0.3 is 15.0 Å². The fourth-order valence-corrected chi connectivity index (χ4v) is 3.15. The number of hydrogen-bond acceptors (Lipinski definition) is 3. The fraction of sp³-hybridized carbons (Fsp3) is 0.333. The molecule has 0 fully saturated rings. The van der Waals surface area contributed by atoms with Gasteiger partial charge in [-0.25, -0.2) is 0 Å². The van der Waals surface area contributed by atoms with Crippen molar-refractivity contribution in [2.45, 2.75) is 19.9 Å². The number of benzene rings is 1. The predicted molar refractivity (Wildman–Crippen MR) is 122 cm³/mol. The first-order chi connectivity index (χ1) is 12.7. The number of guanidine groups is 1. The van der Waals surface area contributed by atoms with Crippen molar-refractivity contribution >= 4 is 35.5 Å². The van der Waals surface area contributed by atoms with Gasteiger partial charge in [-0.3, -0.25) is 9.98 Å². The molecule has 0 aliphatic carbocycles. The molecule has 2 aromatic rings. The Hall–Kier alpha value is -2.09. The van der Waals surface area contributed by atoms with E-state index in [4.69, 9.17) is 4.74 Å². The number of halogens is 1. The molecule has 0 amide bonds. The third kappa shape index (κ3) is 5.45. The molecule has 144 valence electrons. The first kappa shape index (κ1) is 21.2. The second-order valence-corrected chi connectivity index (χ2v) is 6.33. The smallest absolute Gasteiger partial charge is 0.194 e. The maximum atomic E-state index is 5.33. The molecule has 0 bridgehead atoms. The molecule has 6 heteroatoms. The molecule has 0 saturated carbocycles. The minimum Gasteiger partial charge on any atom is -0.497 e. The molecule has 2 heterocycles. The molecule has 0 radical (unpaired) electrons. The van der Waals surface area contributed by atoms with Gasteiger partial charge in [-0.2, -0.15) is 0 Å². The lowest BCUT2D eigenvalue weighted by molar-refractivity contribution is 0.414. The molecule has 5 nitrogen and oxygen atoms in total. The second kappa shape index (κ2) is 10.3. The third-order valence-corrected chi connectivity index (χ3v) is 4.69. The Balaban J connectivity index is 0.00000261. The maximum Gasteiger partial charge on any atom is 0.194 e. The van der Waals surface area contributed by atoms with Crippen molar-refractivity contribution < 1.29 is 4.74 Å². The highest BCUT2D eigenvalue weighted by Gasteiger charge is 2.16. The standard InChI is InChI=1S/C21H26N4O.HI/c1-16-6-5-11-23-20(16)15-24-21(22-2)25-12-9-17(10-13-25)18-7-4-8-19(14-18)26-3;/h4-9,11,14H,10,12-13,15H2,1-3H3,(H,22,24);1H. The summed E-state index contributed by atoms with van der Waals surface area (Å²) in [7, 11) is 3.53. The average molecular weight is 478 g/mol. The zero-order chi connectivity index (χ0) is 18.4. The van der Waals surface area contributed by atoms with Gasteiger partial charge in [-0.05, 0) is 48.2 Å². The van der Waals surface area contributed by atoms with Crippen LogP contribution in [0.4, 0.5) is 0 Å². The zero-order valence-corrected chi connectivity index (χ0v) is 18.4. The Morgan fingerprint density at radius 1 is 1.30 bits per heavy atom. The van der Waals surface area contributed by atoms with Gasteiger partial charge in [0.15, 0.2) is 5.96 Å². The Morgan fingerprint density at radius 3 is 2.81 bits per heavy atom. The Labute approximate surface area is 178 Å². The first-order valence-electron chi connectivity index (χ1n) is 8.91. The van der Waals surface area contributed by atoms with Crippen molar-refractivity contribution in [3.05, 3.63) is 65.5 Å². The van der Waals surface area contributed by atoms with Crippen molar-refractivity contribution in [2.24, 2.45) is 4.99 Å². The number of pyridine rings is 1. The van der Waals surface area contributed by atoms with Crippen LogP contribution in [-0.4, -0.2) is 43.1 Å². The number of methoxy groups -OCH3 is 1. The van der Waals surface area contributed by atoms with Gasteiger partial charge in [0.05, 0.1) is 19.3 Å². The molecule has 1 aromatic carbocycles. The summed E-state index contributed by atoms with van der Waals surface area (Å²) in [4.78, 5) is 11.1. The highest BCUT2D eigenvalue weighted by molar-refractivity contribution is 14.0. The number of aryl methyl sites for hydroxylation is 1. The molecule has 1 aliphatic heterocycles. The van der Waals surface area contributed by atoms with E-state index < -0.39 is 0 Å². The summed E-state index contributed by atoms with van der Waals surface area (Å²) >= 11 is 0. The molecule has 1 aliphatic rings. The van der Waals surface area contributed by atoms with E-state index in [2.05, 4.69) is 51.4 Å². The van der Waals surface area contributed by atoms with Crippen molar-refractivity contribution in [1.82, 2.24) is 15.2 Å². The number of ether oxygens (including phenoxy) is 1. The highest BCUT2D eigenvalue weighted by atomic mass is 127. The minimum atomic E-state index is 0. The van der Waals surface area contributed by atoms with Crippen molar-refractivity contribution in [3.8, 4) is 5.75 Å². The number of nitrogens with zero attached hydrogens (tertiary/aromatic N) is 3. The van der Waals surface area contributed by atoms with Gasteiger partial charge in [0, 0.05) is 26.3 Å². The lowest BCUT2D eigenvalue weighted by Crippen LogP contribution is -2.43. The van der Waals surface area contributed by atoms with Crippen LogP contribution in [0.2, 0.25) is 0 Å². The van der Waals surface area contributed by atoms with E-state index in [-0.39, 0.29) is 24.0 Å². The number of aromatic nitrogens is 1. The first-order valence-corrected chi connectivity index (χ1v) is 8.91. The van der Waals surface area contributed by atoms with E-state index in [1.54, 1.807) is 7.11 Å². The molecule has 3 rings (SSSR count). The van der Waals surface area contributed by atoms with Crippen molar-refractivity contribution in [1.29, 1.82) is 0 Å². The number of aliphatic imine (C=N–C) groups is 1. The Kier molecular flexibility index (Phi) is 8.09. The average Bonchev–Trinajstić information content (AvgIpc) is 2.70. The van der Waals surface area contributed by atoms with Crippen LogP contribution >= 0.6 is 24.0 Å². The van der Waals surface area contributed by atoms with Crippen LogP contribution in [0, 0.1) is 6.92 Å². The van der Waals surface area contributed by atoms with Gasteiger partial charge in [0.2, 0.25) is 0 Å². The van der Waals surface area contributed by atoms with E-state index in [1.807, 2.05) is 31.4 Å². The van der Waals surface area contributed by atoms with Crippen LogP contribution in [0.15, 0.2) is 53.7 Å². The number of nitrogens with one attached hydrogen (secondary N) is 1. The van der Waals surface area contributed by atoms with Crippen LogP contribution in [0.1, 0.15) is 23.2 Å². The van der Waals surface area contributed by atoms with Gasteiger partial charge in [-0.1, -0.05) is 24.3 Å². The molecule has 0 saturated heterocycles.